The summed E-state index contributed by atoms with van der Waals surface area (Å²) < 4.78 is 16.5. The second kappa shape index (κ2) is 9.32. The quantitative estimate of drug-likeness (QED) is 0.690. The first-order valence-electron chi connectivity index (χ1n) is 7.74. The Labute approximate surface area is 122 Å². The molecule has 1 saturated carbocycles. The Balaban J connectivity index is 2.54. The molecule has 0 aromatic heterocycles. The van der Waals surface area contributed by atoms with E-state index in [1.54, 1.807) is 6.92 Å². The lowest BCUT2D eigenvalue weighted by Gasteiger charge is -2.37. The summed E-state index contributed by atoms with van der Waals surface area (Å²) in [5.74, 6) is 0.0350. The molecule has 1 aliphatic rings. The molecule has 1 rings (SSSR count). The fourth-order valence-corrected chi connectivity index (χ4v) is 2.93. The van der Waals surface area contributed by atoms with Gasteiger partial charge in [-0.15, -0.1) is 0 Å². The van der Waals surface area contributed by atoms with Crippen LogP contribution in [0.5, 0.6) is 0 Å². The molecule has 0 aromatic carbocycles. The highest BCUT2D eigenvalue weighted by atomic mass is 16.5. The van der Waals surface area contributed by atoms with Gasteiger partial charge in [-0.2, -0.15) is 0 Å². The Morgan fingerprint density at radius 1 is 1.05 bits per heavy atom. The van der Waals surface area contributed by atoms with E-state index in [2.05, 4.69) is 0 Å². The predicted molar refractivity (Wildman–Crippen MR) is 77.4 cm³/mol. The van der Waals surface area contributed by atoms with Crippen molar-refractivity contribution in [2.24, 2.45) is 11.7 Å². The van der Waals surface area contributed by atoms with Crippen molar-refractivity contribution in [2.45, 2.75) is 64.7 Å². The summed E-state index contributed by atoms with van der Waals surface area (Å²) in [6.45, 7) is 7.60. The van der Waals surface area contributed by atoms with E-state index in [0.29, 0.717) is 19.8 Å². The van der Waals surface area contributed by atoms with E-state index < -0.39 is 0 Å². The normalized spacial score (nSPS) is 28.1. The highest BCUT2D eigenvalue weighted by Crippen LogP contribution is 2.31. The summed E-state index contributed by atoms with van der Waals surface area (Å²) in [4.78, 5) is 11.5. The van der Waals surface area contributed by atoms with E-state index in [0.717, 1.165) is 19.3 Å². The third-order valence-corrected chi connectivity index (χ3v) is 3.77. The molecule has 1 aliphatic carbocycles. The summed E-state index contributed by atoms with van der Waals surface area (Å²) >= 11 is 0. The highest BCUT2D eigenvalue weighted by molar-refractivity contribution is 5.70. The van der Waals surface area contributed by atoms with Gasteiger partial charge in [-0.05, 0) is 46.0 Å². The smallest absolute Gasteiger partial charge is 0.307 e. The molecule has 0 spiro atoms. The van der Waals surface area contributed by atoms with Crippen LogP contribution in [0.1, 0.15) is 46.5 Å². The monoisotopic (exact) mass is 287 g/mol. The number of esters is 1. The maximum absolute atomic E-state index is 11.5. The minimum absolute atomic E-state index is 0.180. The summed E-state index contributed by atoms with van der Waals surface area (Å²) in [7, 11) is 0. The fraction of sp³-hybridized carbons (Fsp3) is 0.933. The maximum Gasteiger partial charge on any atom is 0.307 e. The number of nitrogens with two attached hydrogens (primary N) is 1. The van der Waals surface area contributed by atoms with Gasteiger partial charge < -0.3 is 19.9 Å². The van der Waals surface area contributed by atoms with Gasteiger partial charge in [0.25, 0.3) is 0 Å². The van der Waals surface area contributed by atoms with Crippen LogP contribution in [0.15, 0.2) is 0 Å². The van der Waals surface area contributed by atoms with Gasteiger partial charge >= 0.3 is 5.97 Å². The molecule has 0 bridgehead atoms. The minimum atomic E-state index is -0.216. The van der Waals surface area contributed by atoms with E-state index in [1.165, 1.54) is 0 Å². The average molecular weight is 287 g/mol. The van der Waals surface area contributed by atoms with Gasteiger partial charge in [0.1, 0.15) is 0 Å². The van der Waals surface area contributed by atoms with Crippen LogP contribution in [0.4, 0.5) is 0 Å². The fourth-order valence-electron chi connectivity index (χ4n) is 2.93. The predicted octanol–water partition coefficient (Wildman–Crippen LogP) is 1.88. The van der Waals surface area contributed by atoms with Crippen LogP contribution >= 0.6 is 0 Å². The largest absolute Gasteiger partial charge is 0.466 e. The first-order valence-corrected chi connectivity index (χ1v) is 7.74. The highest BCUT2D eigenvalue weighted by Gasteiger charge is 2.33. The molecule has 20 heavy (non-hydrogen) atoms. The van der Waals surface area contributed by atoms with Crippen molar-refractivity contribution < 1.29 is 19.0 Å². The van der Waals surface area contributed by atoms with Crippen molar-refractivity contribution >= 4 is 5.97 Å². The van der Waals surface area contributed by atoms with Crippen molar-refractivity contribution in [3.05, 3.63) is 0 Å². The maximum atomic E-state index is 11.5. The van der Waals surface area contributed by atoms with Crippen LogP contribution in [0, 0.1) is 5.92 Å². The topological polar surface area (TPSA) is 70.8 Å². The van der Waals surface area contributed by atoms with Gasteiger partial charge in [0.15, 0.2) is 0 Å². The second-order valence-corrected chi connectivity index (χ2v) is 5.29. The molecule has 0 saturated heterocycles. The van der Waals surface area contributed by atoms with Crippen molar-refractivity contribution in [1.82, 2.24) is 0 Å². The lowest BCUT2D eigenvalue weighted by molar-refractivity contribution is -0.144. The van der Waals surface area contributed by atoms with E-state index in [-0.39, 0.29) is 36.6 Å². The molecular weight excluding hydrogens is 258 g/mol. The molecule has 0 aliphatic heterocycles. The Bertz CT molecular complexity index is 271. The summed E-state index contributed by atoms with van der Waals surface area (Å²) in [6, 6.07) is -0.180. The molecular formula is C15H29NO4. The SMILES string of the molecule is CCOC(=O)CC(N)C1CC(OCC)CC(OCC)C1. The zero-order chi connectivity index (χ0) is 15.0. The molecule has 3 unspecified atom stereocenters. The molecule has 2 N–H and O–H groups in total. The second-order valence-electron chi connectivity index (χ2n) is 5.29. The lowest BCUT2D eigenvalue weighted by atomic mass is 9.80. The van der Waals surface area contributed by atoms with Crippen molar-refractivity contribution in [1.29, 1.82) is 0 Å². The zero-order valence-corrected chi connectivity index (χ0v) is 13.0. The molecule has 5 heteroatoms. The van der Waals surface area contributed by atoms with E-state index in [9.17, 15) is 4.79 Å². The minimum Gasteiger partial charge on any atom is -0.466 e. The van der Waals surface area contributed by atoms with E-state index in [1.807, 2.05) is 13.8 Å². The van der Waals surface area contributed by atoms with E-state index >= 15 is 0 Å². The van der Waals surface area contributed by atoms with Gasteiger partial charge in [-0.25, -0.2) is 0 Å². The molecule has 0 amide bonds. The Kier molecular flexibility index (Phi) is 8.11. The molecule has 5 nitrogen and oxygen atoms in total. The Morgan fingerprint density at radius 2 is 1.60 bits per heavy atom. The summed E-state index contributed by atoms with van der Waals surface area (Å²) in [5.41, 5.74) is 6.18. The van der Waals surface area contributed by atoms with Crippen LogP contribution in [0.25, 0.3) is 0 Å². The van der Waals surface area contributed by atoms with Gasteiger partial charge in [0.05, 0.1) is 25.2 Å². The zero-order valence-electron chi connectivity index (χ0n) is 13.0. The number of carbonyl (C=O) groups is 1. The number of rotatable bonds is 8. The van der Waals surface area contributed by atoms with Gasteiger partial charge in [0, 0.05) is 19.3 Å². The molecule has 3 atom stereocenters. The van der Waals surface area contributed by atoms with Crippen molar-refractivity contribution in [2.75, 3.05) is 19.8 Å². The number of hydrogen-bond acceptors (Lipinski definition) is 5. The standard InChI is InChI=1S/C15H29NO4/c1-4-18-12-7-11(8-13(9-12)19-5-2)14(16)10-15(17)20-6-3/h11-14H,4-10,16H2,1-3H3. The van der Waals surface area contributed by atoms with Crippen LogP contribution < -0.4 is 5.73 Å². The van der Waals surface area contributed by atoms with Gasteiger partial charge in [-0.3, -0.25) is 4.79 Å². The number of carbonyl (C=O) groups excluding carboxylic acids is 1. The van der Waals surface area contributed by atoms with E-state index in [4.69, 9.17) is 19.9 Å². The first-order chi connectivity index (χ1) is 9.60. The number of ether oxygens (including phenoxy) is 3. The lowest BCUT2D eigenvalue weighted by Crippen LogP contribution is -2.42. The molecule has 0 radical (unpaired) electrons. The Hall–Kier alpha value is -0.650. The van der Waals surface area contributed by atoms with Gasteiger partial charge in [-0.1, -0.05) is 0 Å². The molecule has 1 fully saturated rings. The summed E-state index contributed by atoms with van der Waals surface area (Å²) in [5, 5.41) is 0. The third kappa shape index (κ3) is 5.77. The average Bonchev–Trinajstić information content (AvgIpc) is 2.39. The van der Waals surface area contributed by atoms with Crippen molar-refractivity contribution in [3.8, 4) is 0 Å². The van der Waals surface area contributed by atoms with Gasteiger partial charge in [0.2, 0.25) is 0 Å². The Morgan fingerprint density at radius 3 is 2.05 bits per heavy atom. The van der Waals surface area contributed by atoms with Crippen LogP contribution in [-0.4, -0.2) is 44.0 Å². The number of hydrogen-bond donors (Lipinski definition) is 1. The van der Waals surface area contributed by atoms with Crippen LogP contribution in [-0.2, 0) is 19.0 Å². The first kappa shape index (κ1) is 17.4. The summed E-state index contributed by atoms with van der Waals surface area (Å²) in [6.07, 6.45) is 3.36. The molecule has 118 valence electrons. The van der Waals surface area contributed by atoms with Crippen molar-refractivity contribution in [3.63, 3.8) is 0 Å². The molecule has 0 heterocycles. The van der Waals surface area contributed by atoms with Crippen LogP contribution in [0.2, 0.25) is 0 Å². The van der Waals surface area contributed by atoms with Crippen LogP contribution in [0.3, 0.4) is 0 Å². The third-order valence-electron chi connectivity index (χ3n) is 3.77. The molecule has 0 aromatic rings.